The number of hydrogen-bond donors (Lipinski definition) is 1. The highest BCUT2D eigenvalue weighted by Gasteiger charge is 2.34. The van der Waals surface area contributed by atoms with Crippen LogP contribution in [0.15, 0.2) is 16.3 Å². The Morgan fingerprint density at radius 3 is 2.48 bits per heavy atom. The van der Waals surface area contributed by atoms with Crippen molar-refractivity contribution in [1.82, 2.24) is 14.5 Å². The molecule has 0 spiro atoms. The van der Waals surface area contributed by atoms with Gasteiger partial charge in [-0.1, -0.05) is 32.4 Å². The van der Waals surface area contributed by atoms with E-state index in [9.17, 15) is 13.2 Å². The van der Waals surface area contributed by atoms with Crippen molar-refractivity contribution in [3.63, 3.8) is 0 Å². The van der Waals surface area contributed by atoms with E-state index in [-0.39, 0.29) is 22.0 Å². The Kier molecular flexibility index (Phi) is 8.55. The number of carbonyl (C=O) groups excluding carboxylic acids is 1. The molecule has 1 N–H and O–H groups in total. The van der Waals surface area contributed by atoms with Gasteiger partial charge in [0.1, 0.15) is 4.21 Å². The zero-order valence-electron chi connectivity index (χ0n) is 16.3. The molecule has 0 aromatic carbocycles. The third kappa shape index (κ3) is 5.90. The van der Waals surface area contributed by atoms with Crippen molar-refractivity contribution >= 4 is 38.9 Å². The Labute approximate surface area is 171 Å². The molecule has 6 nitrogen and oxygen atoms in total. The Balaban J connectivity index is 1.83. The van der Waals surface area contributed by atoms with E-state index in [2.05, 4.69) is 24.1 Å². The summed E-state index contributed by atoms with van der Waals surface area (Å²) in [7, 11) is -3.48. The molecule has 1 atom stereocenters. The highest BCUT2D eigenvalue weighted by molar-refractivity contribution is 7.91. The van der Waals surface area contributed by atoms with Crippen LogP contribution in [0.2, 0.25) is 4.34 Å². The number of hydrogen-bond acceptors (Lipinski definition) is 5. The van der Waals surface area contributed by atoms with Gasteiger partial charge in [0.05, 0.1) is 4.34 Å². The zero-order chi connectivity index (χ0) is 20.0. The molecule has 1 aromatic rings. The first kappa shape index (κ1) is 22.6. The summed E-state index contributed by atoms with van der Waals surface area (Å²) in [5, 5.41) is 3.02. The van der Waals surface area contributed by atoms with E-state index in [1.165, 1.54) is 4.31 Å². The molecule has 0 aliphatic carbocycles. The molecule has 2 rings (SSSR count). The van der Waals surface area contributed by atoms with Crippen molar-refractivity contribution in [1.29, 1.82) is 0 Å². The smallest absolute Gasteiger partial charge is 0.252 e. The van der Waals surface area contributed by atoms with E-state index in [1.54, 1.807) is 12.1 Å². The standard InChI is InChI=1S/C18H30ClN3O3S2/c1-4-21(5-2)13-10-20-18(23)14(3)15-8-11-22(12-9-15)27(24,25)17-7-6-16(19)26-17/h6-7,14-15H,4-5,8-13H2,1-3H3,(H,20,23)/t14-/m1/s1. The van der Waals surface area contributed by atoms with Crippen LogP contribution in [0.25, 0.3) is 0 Å². The largest absolute Gasteiger partial charge is 0.355 e. The molecule has 27 heavy (non-hydrogen) atoms. The number of sulfonamides is 1. The lowest BCUT2D eigenvalue weighted by atomic mass is 9.85. The number of piperidine rings is 1. The summed E-state index contributed by atoms with van der Waals surface area (Å²) in [5.41, 5.74) is 0. The van der Waals surface area contributed by atoms with E-state index < -0.39 is 10.0 Å². The van der Waals surface area contributed by atoms with E-state index >= 15 is 0 Å². The summed E-state index contributed by atoms with van der Waals surface area (Å²) in [6.45, 7) is 10.5. The normalized spacial score (nSPS) is 18.0. The van der Waals surface area contributed by atoms with Crippen LogP contribution in [0, 0.1) is 11.8 Å². The average molecular weight is 436 g/mol. The molecule has 2 heterocycles. The Bertz CT molecular complexity index is 711. The number of nitrogens with zero attached hydrogens (tertiary/aromatic N) is 2. The van der Waals surface area contributed by atoms with Gasteiger partial charge < -0.3 is 10.2 Å². The van der Waals surface area contributed by atoms with Crippen LogP contribution < -0.4 is 5.32 Å². The summed E-state index contributed by atoms with van der Waals surface area (Å²) in [6, 6.07) is 3.16. The maximum Gasteiger partial charge on any atom is 0.252 e. The van der Waals surface area contributed by atoms with Gasteiger partial charge in [0.2, 0.25) is 5.91 Å². The van der Waals surface area contributed by atoms with Gasteiger partial charge in [0.15, 0.2) is 0 Å². The second-order valence-corrected chi connectivity index (χ2v) is 10.8. The third-order valence-electron chi connectivity index (χ3n) is 5.38. The maximum atomic E-state index is 12.7. The molecule has 0 unspecified atom stereocenters. The van der Waals surface area contributed by atoms with E-state index in [0.717, 1.165) is 31.0 Å². The van der Waals surface area contributed by atoms with E-state index in [1.807, 2.05) is 6.92 Å². The molecule has 1 aliphatic rings. The monoisotopic (exact) mass is 435 g/mol. The molecule has 1 aromatic heterocycles. The predicted molar refractivity (Wildman–Crippen MR) is 111 cm³/mol. The van der Waals surface area contributed by atoms with Gasteiger partial charge in [-0.25, -0.2) is 8.42 Å². The lowest BCUT2D eigenvalue weighted by Gasteiger charge is -2.33. The first-order chi connectivity index (χ1) is 12.8. The van der Waals surface area contributed by atoms with Crippen molar-refractivity contribution in [2.75, 3.05) is 39.3 Å². The first-order valence-corrected chi connectivity index (χ1v) is 12.2. The predicted octanol–water partition coefficient (Wildman–Crippen LogP) is 2.90. The number of amides is 1. The molecular formula is C18H30ClN3O3S2. The van der Waals surface area contributed by atoms with Crippen LogP contribution in [-0.2, 0) is 14.8 Å². The average Bonchev–Trinajstić information content (AvgIpc) is 3.12. The molecular weight excluding hydrogens is 406 g/mol. The van der Waals surface area contributed by atoms with Gasteiger partial charge in [-0.3, -0.25) is 4.79 Å². The minimum atomic E-state index is -3.48. The number of halogens is 1. The van der Waals surface area contributed by atoms with E-state index in [0.29, 0.717) is 36.8 Å². The lowest BCUT2D eigenvalue weighted by Crippen LogP contribution is -2.43. The van der Waals surface area contributed by atoms with Gasteiger partial charge in [-0.15, -0.1) is 11.3 Å². The summed E-state index contributed by atoms with van der Waals surface area (Å²) >= 11 is 6.96. The molecule has 0 saturated carbocycles. The van der Waals surface area contributed by atoms with Crippen molar-refractivity contribution in [2.45, 2.75) is 37.8 Å². The van der Waals surface area contributed by atoms with Gasteiger partial charge >= 0.3 is 0 Å². The Morgan fingerprint density at radius 1 is 1.33 bits per heavy atom. The summed E-state index contributed by atoms with van der Waals surface area (Å²) in [4.78, 5) is 14.7. The Hall–Kier alpha value is -0.670. The van der Waals surface area contributed by atoms with Crippen molar-refractivity contribution in [3.8, 4) is 0 Å². The van der Waals surface area contributed by atoms with Crippen molar-refractivity contribution < 1.29 is 13.2 Å². The quantitative estimate of drug-likeness (QED) is 0.647. The number of thiophene rings is 1. The summed E-state index contributed by atoms with van der Waals surface area (Å²) in [5.74, 6) is 0.160. The molecule has 154 valence electrons. The highest BCUT2D eigenvalue weighted by Crippen LogP contribution is 2.32. The maximum absolute atomic E-state index is 12.7. The fourth-order valence-corrected chi connectivity index (χ4v) is 6.54. The fraction of sp³-hybridized carbons (Fsp3) is 0.722. The van der Waals surface area contributed by atoms with Gasteiger partial charge in [0, 0.05) is 32.1 Å². The summed E-state index contributed by atoms with van der Waals surface area (Å²) < 4.78 is 27.6. The third-order valence-corrected chi connectivity index (χ3v) is 8.98. The lowest BCUT2D eigenvalue weighted by molar-refractivity contribution is -0.126. The topological polar surface area (TPSA) is 69.7 Å². The number of nitrogens with one attached hydrogen (secondary N) is 1. The van der Waals surface area contributed by atoms with Crippen molar-refractivity contribution in [2.24, 2.45) is 11.8 Å². The highest BCUT2D eigenvalue weighted by atomic mass is 35.5. The summed E-state index contributed by atoms with van der Waals surface area (Å²) in [6.07, 6.45) is 1.39. The molecule has 0 bridgehead atoms. The van der Waals surface area contributed by atoms with E-state index in [4.69, 9.17) is 11.6 Å². The molecule has 1 fully saturated rings. The second kappa shape index (κ2) is 10.2. The fourth-order valence-electron chi connectivity index (χ4n) is 3.43. The van der Waals surface area contributed by atoms with Gasteiger partial charge in [-0.05, 0) is 44.0 Å². The number of rotatable bonds is 9. The van der Waals surface area contributed by atoms with Gasteiger partial charge in [-0.2, -0.15) is 4.31 Å². The van der Waals surface area contributed by atoms with Crippen LogP contribution in [0.3, 0.4) is 0 Å². The minimum Gasteiger partial charge on any atom is -0.355 e. The molecule has 1 amide bonds. The second-order valence-electron chi connectivity index (χ2n) is 6.91. The molecule has 0 radical (unpaired) electrons. The SMILES string of the molecule is CCN(CC)CCNC(=O)[C@H](C)C1CCN(S(=O)(=O)c2ccc(Cl)s2)CC1. The number of likely N-dealkylation sites (N-methyl/N-ethyl adjacent to an activating group) is 1. The van der Waals surface area contributed by atoms with Crippen LogP contribution in [0.5, 0.6) is 0 Å². The zero-order valence-corrected chi connectivity index (χ0v) is 18.7. The minimum absolute atomic E-state index is 0.0634. The molecule has 9 heteroatoms. The van der Waals surface area contributed by atoms with Crippen LogP contribution in [-0.4, -0.2) is 62.8 Å². The number of carbonyl (C=O) groups is 1. The molecule has 1 aliphatic heterocycles. The van der Waals surface area contributed by atoms with Crippen LogP contribution >= 0.6 is 22.9 Å². The van der Waals surface area contributed by atoms with Gasteiger partial charge in [0.25, 0.3) is 10.0 Å². The molecule has 1 saturated heterocycles. The first-order valence-electron chi connectivity index (χ1n) is 9.55. The van der Waals surface area contributed by atoms with Crippen molar-refractivity contribution in [3.05, 3.63) is 16.5 Å². The van der Waals surface area contributed by atoms with Crippen LogP contribution in [0.4, 0.5) is 0 Å². The Morgan fingerprint density at radius 2 is 1.96 bits per heavy atom. The van der Waals surface area contributed by atoms with Crippen LogP contribution in [0.1, 0.15) is 33.6 Å².